The van der Waals surface area contributed by atoms with Crippen molar-refractivity contribution in [1.29, 1.82) is 0 Å². The average molecular weight is 314 g/mol. The second kappa shape index (κ2) is 5.87. The molecule has 0 saturated heterocycles. The maximum atomic E-state index is 15.9. The zero-order valence-electron chi connectivity index (χ0n) is 14.0. The smallest absolute Gasteiger partial charge is 0.153 e. The molecule has 0 aromatic heterocycles. The van der Waals surface area contributed by atoms with Gasteiger partial charge in [0.05, 0.1) is 0 Å². The molecule has 3 rings (SSSR count). The van der Waals surface area contributed by atoms with Gasteiger partial charge in [-0.1, -0.05) is 25.8 Å². The lowest BCUT2D eigenvalue weighted by Crippen LogP contribution is -2.56. The summed E-state index contributed by atoms with van der Waals surface area (Å²) < 4.78 is 45.3. The van der Waals surface area contributed by atoms with Crippen LogP contribution in [0.15, 0.2) is 11.1 Å². The highest BCUT2D eigenvalue weighted by Gasteiger charge is 2.58. The van der Waals surface area contributed by atoms with Crippen LogP contribution in [0.4, 0.5) is 13.2 Å². The van der Waals surface area contributed by atoms with Gasteiger partial charge >= 0.3 is 0 Å². The zero-order chi connectivity index (χ0) is 16.1. The summed E-state index contributed by atoms with van der Waals surface area (Å²) in [6.45, 7) is 5.80. The summed E-state index contributed by atoms with van der Waals surface area (Å²) in [6.07, 6.45) is 2.46. The van der Waals surface area contributed by atoms with Gasteiger partial charge in [-0.3, -0.25) is 0 Å². The predicted octanol–water partition coefficient (Wildman–Crippen LogP) is 5.96. The fraction of sp³-hybridized carbons (Fsp3) is 0.895. The van der Waals surface area contributed by atoms with E-state index in [1.807, 2.05) is 6.92 Å². The molecule has 3 aliphatic rings. The van der Waals surface area contributed by atoms with Crippen molar-refractivity contribution in [1.82, 2.24) is 0 Å². The molecule has 0 radical (unpaired) electrons. The van der Waals surface area contributed by atoms with Crippen molar-refractivity contribution in [3.05, 3.63) is 11.1 Å². The summed E-state index contributed by atoms with van der Waals surface area (Å²) in [5.74, 6) is -0.531. The lowest BCUT2D eigenvalue weighted by atomic mass is 9.55. The molecule has 0 N–H and O–H groups in total. The molecule has 22 heavy (non-hydrogen) atoms. The summed E-state index contributed by atoms with van der Waals surface area (Å²) in [6, 6.07) is 0. The van der Waals surface area contributed by atoms with E-state index in [2.05, 4.69) is 6.92 Å². The van der Waals surface area contributed by atoms with Crippen LogP contribution in [-0.4, -0.2) is 18.0 Å². The molecule has 0 aromatic carbocycles. The summed E-state index contributed by atoms with van der Waals surface area (Å²) in [4.78, 5) is 0. The molecule has 7 unspecified atom stereocenters. The van der Waals surface area contributed by atoms with Crippen LogP contribution in [0.25, 0.3) is 0 Å². The molecule has 3 heteroatoms. The second-order valence-electron chi connectivity index (χ2n) is 8.13. The Balaban J connectivity index is 2.07. The highest BCUT2D eigenvalue weighted by atomic mass is 19.2. The zero-order valence-corrected chi connectivity index (χ0v) is 14.0. The molecule has 2 fully saturated rings. The summed E-state index contributed by atoms with van der Waals surface area (Å²) in [5.41, 5.74) is 0.0813. The van der Waals surface area contributed by atoms with E-state index in [9.17, 15) is 8.78 Å². The van der Waals surface area contributed by atoms with Crippen LogP contribution < -0.4 is 0 Å². The minimum Gasteiger partial charge on any atom is -0.243 e. The number of allylic oxidation sites excluding steroid dienone is 2. The van der Waals surface area contributed by atoms with Crippen LogP contribution in [0.3, 0.4) is 0 Å². The summed E-state index contributed by atoms with van der Waals surface area (Å²) >= 11 is 0. The molecule has 0 heterocycles. The monoisotopic (exact) mass is 314 g/mol. The van der Waals surface area contributed by atoms with Gasteiger partial charge in [0.15, 0.2) is 6.17 Å². The Kier molecular flexibility index (Phi) is 4.37. The van der Waals surface area contributed by atoms with Gasteiger partial charge in [-0.15, -0.1) is 0 Å². The molecule has 7 atom stereocenters. The number of hydrogen-bond donors (Lipinski definition) is 0. The van der Waals surface area contributed by atoms with Crippen LogP contribution in [0.1, 0.15) is 65.7 Å². The first-order chi connectivity index (χ1) is 10.4. The number of alkyl halides is 3. The van der Waals surface area contributed by atoms with E-state index in [0.29, 0.717) is 17.9 Å². The third-order valence-corrected chi connectivity index (χ3v) is 6.87. The SMILES string of the molecule is CC1=C2CCCC(C)CCC3(F)C(C)CCC2C3C(F)C1F. The minimum absolute atomic E-state index is 0.0726. The Hall–Kier alpha value is -0.470. The first-order valence-corrected chi connectivity index (χ1v) is 9.02. The largest absolute Gasteiger partial charge is 0.243 e. The molecule has 0 spiro atoms. The van der Waals surface area contributed by atoms with Crippen LogP contribution in [0.5, 0.6) is 0 Å². The normalized spacial score (nSPS) is 49.9. The molecule has 3 aliphatic carbocycles. The van der Waals surface area contributed by atoms with Crippen molar-refractivity contribution >= 4 is 0 Å². The maximum Gasteiger partial charge on any atom is 0.153 e. The number of hydrogen-bond acceptors (Lipinski definition) is 0. The van der Waals surface area contributed by atoms with Crippen molar-refractivity contribution in [2.45, 2.75) is 83.7 Å². The Bertz CT molecular complexity index is 458. The van der Waals surface area contributed by atoms with Crippen LogP contribution >= 0.6 is 0 Å². The van der Waals surface area contributed by atoms with E-state index in [1.165, 1.54) is 0 Å². The lowest BCUT2D eigenvalue weighted by Gasteiger charge is -2.52. The van der Waals surface area contributed by atoms with Gasteiger partial charge in [-0.2, -0.15) is 0 Å². The van der Waals surface area contributed by atoms with Gasteiger partial charge in [0, 0.05) is 5.92 Å². The molecule has 0 amide bonds. The first kappa shape index (κ1) is 16.4. The fourth-order valence-corrected chi connectivity index (χ4v) is 5.33. The van der Waals surface area contributed by atoms with Gasteiger partial charge in [-0.05, 0) is 68.8 Å². The van der Waals surface area contributed by atoms with Crippen molar-refractivity contribution in [2.75, 3.05) is 0 Å². The molecule has 0 aromatic rings. The van der Waals surface area contributed by atoms with Gasteiger partial charge in [0.1, 0.15) is 11.8 Å². The van der Waals surface area contributed by atoms with Crippen molar-refractivity contribution in [2.24, 2.45) is 23.7 Å². The highest BCUT2D eigenvalue weighted by Crippen LogP contribution is 2.56. The van der Waals surface area contributed by atoms with E-state index < -0.39 is 23.9 Å². The van der Waals surface area contributed by atoms with Gasteiger partial charge in [0.2, 0.25) is 0 Å². The van der Waals surface area contributed by atoms with Crippen molar-refractivity contribution in [3.8, 4) is 0 Å². The van der Waals surface area contributed by atoms with E-state index >= 15 is 4.39 Å². The third kappa shape index (κ3) is 2.43. The predicted molar refractivity (Wildman–Crippen MR) is 84.0 cm³/mol. The van der Waals surface area contributed by atoms with E-state index in [1.54, 1.807) is 6.92 Å². The van der Waals surface area contributed by atoms with Gasteiger partial charge < -0.3 is 0 Å². The average Bonchev–Trinajstić information content (AvgIpc) is 2.49. The van der Waals surface area contributed by atoms with E-state index in [-0.39, 0.29) is 11.8 Å². The lowest BCUT2D eigenvalue weighted by molar-refractivity contribution is -0.0995. The summed E-state index contributed by atoms with van der Waals surface area (Å²) in [7, 11) is 0. The Morgan fingerprint density at radius 1 is 1.05 bits per heavy atom. The standard InChI is InChI=1S/C19H29F3/c1-11-5-4-6-14-13(3)17(20)18(21)16-15(14)8-7-12(2)19(16,22)10-9-11/h11-12,15-18H,4-10H2,1-3H3. The van der Waals surface area contributed by atoms with Gasteiger partial charge in [-0.25, -0.2) is 13.2 Å². The molecule has 2 saturated carbocycles. The Labute approximate surface area is 132 Å². The van der Waals surface area contributed by atoms with E-state index in [0.717, 1.165) is 44.1 Å². The number of halogens is 3. The molecule has 0 nitrogen and oxygen atoms in total. The van der Waals surface area contributed by atoms with E-state index in [4.69, 9.17) is 0 Å². The molecule has 4 bridgehead atoms. The third-order valence-electron chi connectivity index (χ3n) is 6.87. The first-order valence-electron chi connectivity index (χ1n) is 9.02. The number of rotatable bonds is 0. The highest BCUT2D eigenvalue weighted by molar-refractivity contribution is 5.29. The maximum absolute atomic E-state index is 15.9. The molecule has 0 aliphatic heterocycles. The van der Waals surface area contributed by atoms with Crippen molar-refractivity contribution in [3.63, 3.8) is 0 Å². The topological polar surface area (TPSA) is 0 Å². The van der Waals surface area contributed by atoms with Crippen LogP contribution in [0, 0.1) is 23.7 Å². The molecular weight excluding hydrogens is 285 g/mol. The molecular formula is C19H29F3. The van der Waals surface area contributed by atoms with Crippen molar-refractivity contribution < 1.29 is 13.2 Å². The van der Waals surface area contributed by atoms with Crippen LogP contribution in [-0.2, 0) is 0 Å². The minimum atomic E-state index is -1.67. The van der Waals surface area contributed by atoms with Gasteiger partial charge in [0.25, 0.3) is 0 Å². The Morgan fingerprint density at radius 3 is 2.50 bits per heavy atom. The fourth-order valence-electron chi connectivity index (χ4n) is 5.33. The van der Waals surface area contributed by atoms with Crippen LogP contribution in [0.2, 0.25) is 0 Å². The molecule has 126 valence electrons. The second-order valence-corrected chi connectivity index (χ2v) is 8.13. The summed E-state index contributed by atoms with van der Waals surface area (Å²) in [5, 5.41) is 0. The quantitative estimate of drug-likeness (QED) is 0.484. The Morgan fingerprint density at radius 2 is 1.77 bits per heavy atom.